The fraction of sp³-hybridized carbons (Fsp3) is 0.391. The minimum Gasteiger partial charge on any atom is -0.392 e. The quantitative estimate of drug-likeness (QED) is 0.519. The highest BCUT2D eigenvalue weighted by atomic mass is 16.3. The van der Waals surface area contributed by atoms with Crippen molar-refractivity contribution in [1.82, 2.24) is 9.80 Å². The van der Waals surface area contributed by atoms with E-state index in [9.17, 15) is 19.8 Å². The Morgan fingerprint density at radius 1 is 0.742 bits per heavy atom. The molecule has 0 aromatic heterocycles. The number of nitrogens with one attached hydrogen (secondary N) is 2. The third-order valence-corrected chi connectivity index (χ3v) is 4.59. The van der Waals surface area contributed by atoms with Crippen LogP contribution in [0.3, 0.4) is 0 Å². The summed E-state index contributed by atoms with van der Waals surface area (Å²) < 4.78 is 0. The van der Waals surface area contributed by atoms with E-state index in [1.165, 1.54) is 9.80 Å². The van der Waals surface area contributed by atoms with Crippen LogP contribution in [0.25, 0.3) is 0 Å². The number of carbonyl (C=O) groups excluding carboxylic acids is 2. The molecule has 2 atom stereocenters. The van der Waals surface area contributed by atoms with E-state index in [0.717, 1.165) is 11.1 Å². The Bertz CT molecular complexity index is 779. The van der Waals surface area contributed by atoms with Crippen molar-refractivity contribution in [2.24, 2.45) is 0 Å². The van der Waals surface area contributed by atoms with Crippen LogP contribution in [-0.4, -0.2) is 71.5 Å². The van der Waals surface area contributed by atoms with E-state index in [2.05, 4.69) is 10.6 Å². The van der Waals surface area contributed by atoms with E-state index >= 15 is 0 Å². The SMILES string of the molecule is C[C@@H](O)CN(C)C(=O)Nc1ccc(Cc2ccc(NC(=O)N(C)C[C@@H](C)O)cc2)cc1. The number of carbonyl (C=O) groups is 2. The number of rotatable bonds is 8. The zero-order valence-corrected chi connectivity index (χ0v) is 18.5. The van der Waals surface area contributed by atoms with Gasteiger partial charge >= 0.3 is 12.1 Å². The van der Waals surface area contributed by atoms with Crippen LogP contribution in [0, 0.1) is 0 Å². The number of hydrogen-bond acceptors (Lipinski definition) is 4. The van der Waals surface area contributed by atoms with E-state index in [4.69, 9.17) is 0 Å². The van der Waals surface area contributed by atoms with Crippen molar-refractivity contribution in [1.29, 1.82) is 0 Å². The van der Waals surface area contributed by atoms with Gasteiger partial charge in [-0.05, 0) is 55.7 Å². The largest absolute Gasteiger partial charge is 0.392 e. The predicted octanol–water partition coefficient (Wildman–Crippen LogP) is 2.97. The van der Waals surface area contributed by atoms with Crippen molar-refractivity contribution >= 4 is 23.4 Å². The number of benzene rings is 2. The highest BCUT2D eigenvalue weighted by molar-refractivity contribution is 5.89. The molecule has 4 amide bonds. The summed E-state index contributed by atoms with van der Waals surface area (Å²) in [6, 6.07) is 14.6. The van der Waals surface area contributed by atoms with Crippen molar-refractivity contribution in [2.75, 3.05) is 37.8 Å². The lowest BCUT2D eigenvalue weighted by molar-refractivity contribution is 0.149. The topological polar surface area (TPSA) is 105 Å². The molecule has 168 valence electrons. The van der Waals surface area contributed by atoms with Gasteiger partial charge in [-0.3, -0.25) is 0 Å². The summed E-state index contributed by atoms with van der Waals surface area (Å²) in [7, 11) is 3.27. The van der Waals surface area contributed by atoms with Gasteiger partial charge in [0.25, 0.3) is 0 Å². The molecule has 0 radical (unpaired) electrons. The lowest BCUT2D eigenvalue weighted by Crippen LogP contribution is -2.36. The summed E-state index contributed by atoms with van der Waals surface area (Å²) >= 11 is 0. The Morgan fingerprint density at radius 3 is 1.35 bits per heavy atom. The normalized spacial score (nSPS) is 12.6. The minimum atomic E-state index is -0.581. The molecule has 0 heterocycles. The first-order valence-electron chi connectivity index (χ1n) is 10.2. The number of anilines is 2. The summed E-state index contributed by atoms with van der Waals surface area (Å²) in [6.07, 6.45) is -0.447. The highest BCUT2D eigenvalue weighted by Crippen LogP contribution is 2.16. The zero-order chi connectivity index (χ0) is 23.0. The van der Waals surface area contributed by atoms with Crippen molar-refractivity contribution in [3.63, 3.8) is 0 Å². The van der Waals surface area contributed by atoms with Gasteiger partial charge in [0.15, 0.2) is 0 Å². The standard InChI is InChI=1S/C23H32N4O4/c1-16(28)14-26(3)22(30)24-20-9-5-18(6-10-20)13-19-7-11-21(12-8-19)25-23(31)27(4)15-17(2)29/h5-12,16-17,28-29H,13-15H2,1-4H3,(H,24,30)(H,25,31)/t16-,17-/m1/s1. The predicted molar refractivity (Wildman–Crippen MR) is 122 cm³/mol. The van der Waals surface area contributed by atoms with Gasteiger partial charge < -0.3 is 30.6 Å². The molecular weight excluding hydrogens is 396 g/mol. The first kappa shape index (κ1) is 24.2. The first-order chi connectivity index (χ1) is 14.6. The van der Waals surface area contributed by atoms with Gasteiger partial charge in [-0.25, -0.2) is 9.59 Å². The van der Waals surface area contributed by atoms with Crippen molar-refractivity contribution in [3.05, 3.63) is 59.7 Å². The van der Waals surface area contributed by atoms with Crippen LogP contribution >= 0.6 is 0 Å². The highest BCUT2D eigenvalue weighted by Gasteiger charge is 2.12. The second-order valence-electron chi connectivity index (χ2n) is 7.89. The number of likely N-dealkylation sites (N-methyl/N-ethyl adjacent to an activating group) is 2. The molecule has 2 aromatic rings. The number of nitrogens with zero attached hydrogens (tertiary/aromatic N) is 2. The van der Waals surface area contributed by atoms with Gasteiger partial charge in [0.05, 0.1) is 12.2 Å². The molecule has 0 saturated heterocycles. The van der Waals surface area contributed by atoms with Crippen LogP contribution in [0.5, 0.6) is 0 Å². The van der Waals surface area contributed by atoms with Crippen LogP contribution in [0.4, 0.5) is 21.0 Å². The maximum Gasteiger partial charge on any atom is 0.321 e. The lowest BCUT2D eigenvalue weighted by atomic mass is 10.0. The summed E-state index contributed by atoms with van der Waals surface area (Å²) in [5, 5.41) is 24.4. The van der Waals surface area contributed by atoms with E-state index in [-0.39, 0.29) is 25.2 Å². The summed E-state index contributed by atoms with van der Waals surface area (Å²) in [6.45, 7) is 3.79. The molecule has 2 rings (SSSR count). The van der Waals surface area contributed by atoms with Gasteiger partial charge in [0.2, 0.25) is 0 Å². The van der Waals surface area contributed by atoms with Crippen molar-refractivity contribution < 1.29 is 19.8 Å². The average Bonchev–Trinajstić information content (AvgIpc) is 2.69. The molecule has 0 fully saturated rings. The molecule has 2 aromatic carbocycles. The monoisotopic (exact) mass is 428 g/mol. The number of aliphatic hydroxyl groups excluding tert-OH is 2. The number of hydrogen-bond donors (Lipinski definition) is 4. The average molecular weight is 429 g/mol. The molecule has 0 spiro atoms. The van der Waals surface area contributed by atoms with Crippen molar-refractivity contribution in [2.45, 2.75) is 32.5 Å². The van der Waals surface area contributed by atoms with E-state index in [1.54, 1.807) is 27.9 Å². The lowest BCUT2D eigenvalue weighted by Gasteiger charge is -2.19. The smallest absolute Gasteiger partial charge is 0.321 e. The molecule has 0 bridgehead atoms. The Labute approximate surface area is 183 Å². The Hall–Kier alpha value is -3.10. The fourth-order valence-electron chi connectivity index (χ4n) is 3.04. The minimum absolute atomic E-state index is 0.261. The second-order valence-corrected chi connectivity index (χ2v) is 7.89. The second kappa shape index (κ2) is 11.3. The van der Waals surface area contributed by atoms with Gasteiger partial charge in [-0.15, -0.1) is 0 Å². The maximum absolute atomic E-state index is 12.1. The third kappa shape index (κ3) is 8.27. The van der Waals surface area contributed by atoms with Gasteiger partial charge in [-0.2, -0.15) is 0 Å². The Morgan fingerprint density at radius 2 is 1.06 bits per heavy atom. The number of amides is 4. The molecule has 8 heteroatoms. The van der Waals surface area contributed by atoms with Crippen LogP contribution in [0.15, 0.2) is 48.5 Å². The Kier molecular flexibility index (Phi) is 8.84. The molecule has 0 unspecified atom stereocenters. The Balaban J connectivity index is 1.89. The molecule has 0 aliphatic heterocycles. The molecule has 0 saturated carbocycles. The van der Waals surface area contributed by atoms with Crippen molar-refractivity contribution in [3.8, 4) is 0 Å². The first-order valence-corrected chi connectivity index (χ1v) is 10.2. The van der Waals surface area contributed by atoms with Crippen LogP contribution < -0.4 is 10.6 Å². The zero-order valence-electron chi connectivity index (χ0n) is 18.5. The molecule has 31 heavy (non-hydrogen) atoms. The van der Waals surface area contributed by atoms with Crippen LogP contribution in [-0.2, 0) is 6.42 Å². The molecule has 4 N–H and O–H groups in total. The van der Waals surface area contributed by atoms with Crippen LogP contribution in [0.2, 0.25) is 0 Å². The van der Waals surface area contributed by atoms with Crippen LogP contribution in [0.1, 0.15) is 25.0 Å². The van der Waals surface area contributed by atoms with E-state index < -0.39 is 12.2 Å². The van der Waals surface area contributed by atoms with Gasteiger partial charge in [0, 0.05) is 38.6 Å². The summed E-state index contributed by atoms with van der Waals surface area (Å²) in [4.78, 5) is 27.0. The molecular formula is C23H32N4O4. The molecule has 8 nitrogen and oxygen atoms in total. The van der Waals surface area contributed by atoms with Gasteiger partial charge in [-0.1, -0.05) is 24.3 Å². The number of aliphatic hydroxyl groups is 2. The molecule has 0 aliphatic carbocycles. The molecule has 0 aliphatic rings. The summed E-state index contributed by atoms with van der Waals surface area (Å²) in [5.74, 6) is 0. The fourth-order valence-corrected chi connectivity index (χ4v) is 3.04. The maximum atomic E-state index is 12.1. The summed E-state index contributed by atoms with van der Waals surface area (Å²) in [5.41, 5.74) is 3.55. The van der Waals surface area contributed by atoms with Gasteiger partial charge in [0.1, 0.15) is 0 Å². The number of urea groups is 2. The third-order valence-electron chi connectivity index (χ3n) is 4.59. The van der Waals surface area contributed by atoms with E-state index in [0.29, 0.717) is 17.8 Å². The van der Waals surface area contributed by atoms with E-state index in [1.807, 2.05) is 48.5 Å².